The third-order valence-corrected chi connectivity index (χ3v) is 3.98. The van der Waals surface area contributed by atoms with Crippen LogP contribution in [0.4, 0.5) is 13.2 Å². The Balaban J connectivity index is 1.75. The van der Waals surface area contributed by atoms with Crippen LogP contribution in [0.1, 0.15) is 37.7 Å². The molecule has 1 aliphatic rings. The highest BCUT2D eigenvalue weighted by Crippen LogP contribution is 2.27. The Hall–Kier alpha value is -3.17. The van der Waals surface area contributed by atoms with Crippen LogP contribution in [0.25, 0.3) is 0 Å². The van der Waals surface area contributed by atoms with Crippen molar-refractivity contribution in [3.05, 3.63) is 52.6 Å². The fraction of sp³-hybridized carbons (Fsp3) is 0.294. The molecule has 0 aliphatic carbocycles. The van der Waals surface area contributed by atoms with Gasteiger partial charge >= 0.3 is 6.18 Å². The summed E-state index contributed by atoms with van der Waals surface area (Å²) in [6, 6.07) is 2.94. The Kier molecular flexibility index (Phi) is 4.73. The zero-order valence-corrected chi connectivity index (χ0v) is 14.0. The topological polar surface area (TPSA) is 95.5 Å². The van der Waals surface area contributed by atoms with Crippen LogP contribution in [0.2, 0.25) is 0 Å². The molecule has 3 heterocycles. The van der Waals surface area contributed by atoms with Gasteiger partial charge in [-0.25, -0.2) is 0 Å². The molecule has 0 spiro atoms. The zero-order valence-electron chi connectivity index (χ0n) is 14.0. The van der Waals surface area contributed by atoms with Gasteiger partial charge in [0.05, 0.1) is 30.1 Å². The average molecular weight is 380 g/mol. The highest BCUT2D eigenvalue weighted by molar-refractivity contribution is 6.01. The molecular formula is C17H13F3N3O4-. The molecule has 1 amide bonds. The number of aromatic nitrogens is 2. The van der Waals surface area contributed by atoms with Gasteiger partial charge in [-0.3, -0.25) is 14.8 Å². The number of aromatic carboxylic acids is 1. The highest BCUT2D eigenvalue weighted by Gasteiger charge is 2.31. The minimum Gasteiger partial charge on any atom is -0.543 e. The molecule has 2 aromatic heterocycles. The maximum Gasteiger partial charge on any atom is 0.422 e. The van der Waals surface area contributed by atoms with Crippen molar-refractivity contribution in [1.29, 1.82) is 0 Å². The fourth-order valence-electron chi connectivity index (χ4n) is 2.78. The number of aryl methyl sites for hydroxylation is 1. The molecule has 142 valence electrons. The van der Waals surface area contributed by atoms with Gasteiger partial charge in [0.15, 0.2) is 6.61 Å². The van der Waals surface area contributed by atoms with Crippen LogP contribution in [-0.2, 0) is 13.1 Å². The number of rotatable bonds is 5. The largest absolute Gasteiger partial charge is 0.543 e. The van der Waals surface area contributed by atoms with E-state index in [0.717, 1.165) is 6.20 Å². The van der Waals surface area contributed by atoms with Crippen molar-refractivity contribution >= 4 is 11.9 Å². The molecule has 0 N–H and O–H groups in total. The molecule has 0 unspecified atom stereocenters. The standard InChI is InChI=1S/C17H14F3N3O4/c1-9-4-10(22-5-13(9)27-8-17(18,19)20)6-23-7-12-11(15(23)24)2-3-21-14(12)16(25)26/h2-5H,6-8H2,1H3,(H,25,26)/p-1. The lowest BCUT2D eigenvalue weighted by Gasteiger charge is -2.17. The molecule has 0 aromatic carbocycles. The summed E-state index contributed by atoms with van der Waals surface area (Å²) in [6.07, 6.45) is -2.07. The van der Waals surface area contributed by atoms with E-state index in [1.807, 2.05) is 0 Å². The molecule has 3 rings (SSSR count). The highest BCUT2D eigenvalue weighted by atomic mass is 19.4. The first-order valence-electron chi connectivity index (χ1n) is 7.79. The molecule has 0 saturated heterocycles. The number of carbonyl (C=O) groups excluding carboxylic acids is 2. The first-order chi connectivity index (χ1) is 12.7. The molecule has 27 heavy (non-hydrogen) atoms. The number of carboxylic acid groups (broad SMARTS) is 1. The SMILES string of the molecule is Cc1cc(CN2Cc3c(ccnc3C(=O)[O-])C2=O)ncc1OCC(F)(F)F. The van der Waals surface area contributed by atoms with E-state index in [-0.39, 0.29) is 41.6 Å². The van der Waals surface area contributed by atoms with Gasteiger partial charge in [0, 0.05) is 23.9 Å². The van der Waals surface area contributed by atoms with Gasteiger partial charge in [0.2, 0.25) is 0 Å². The molecule has 0 atom stereocenters. The van der Waals surface area contributed by atoms with Crippen LogP contribution in [0.5, 0.6) is 5.75 Å². The summed E-state index contributed by atoms with van der Waals surface area (Å²) in [5, 5.41) is 11.1. The van der Waals surface area contributed by atoms with Crippen LogP contribution < -0.4 is 9.84 Å². The van der Waals surface area contributed by atoms with Gasteiger partial charge < -0.3 is 19.5 Å². The van der Waals surface area contributed by atoms with E-state index in [1.165, 1.54) is 23.2 Å². The fourth-order valence-corrected chi connectivity index (χ4v) is 2.78. The van der Waals surface area contributed by atoms with Crippen LogP contribution in [0.15, 0.2) is 24.5 Å². The number of hydrogen-bond donors (Lipinski definition) is 0. The predicted octanol–water partition coefficient (Wildman–Crippen LogP) is 1.25. The molecule has 0 fully saturated rings. The quantitative estimate of drug-likeness (QED) is 0.775. The van der Waals surface area contributed by atoms with Crippen LogP contribution in [-0.4, -0.2) is 39.5 Å². The van der Waals surface area contributed by atoms with E-state index in [4.69, 9.17) is 4.74 Å². The van der Waals surface area contributed by atoms with E-state index in [9.17, 15) is 27.9 Å². The lowest BCUT2D eigenvalue weighted by molar-refractivity contribution is -0.255. The Morgan fingerprint density at radius 3 is 2.74 bits per heavy atom. The van der Waals surface area contributed by atoms with E-state index >= 15 is 0 Å². The molecule has 7 nitrogen and oxygen atoms in total. The smallest absolute Gasteiger partial charge is 0.422 e. The van der Waals surface area contributed by atoms with Crippen molar-refractivity contribution in [2.24, 2.45) is 0 Å². The summed E-state index contributed by atoms with van der Waals surface area (Å²) in [7, 11) is 0. The second kappa shape index (κ2) is 6.86. The maximum atomic E-state index is 12.4. The van der Waals surface area contributed by atoms with Crippen molar-refractivity contribution in [3.63, 3.8) is 0 Å². The summed E-state index contributed by atoms with van der Waals surface area (Å²) in [4.78, 5) is 32.7. The van der Waals surface area contributed by atoms with Gasteiger partial charge in [0.1, 0.15) is 5.75 Å². The first kappa shape index (κ1) is 18.6. The van der Waals surface area contributed by atoms with Crippen LogP contribution >= 0.6 is 0 Å². The molecule has 10 heteroatoms. The number of alkyl halides is 3. The zero-order chi connectivity index (χ0) is 19.8. The van der Waals surface area contributed by atoms with Crippen molar-refractivity contribution < 1.29 is 32.6 Å². The lowest BCUT2D eigenvalue weighted by atomic mass is 10.1. The predicted molar refractivity (Wildman–Crippen MR) is 82.7 cm³/mol. The van der Waals surface area contributed by atoms with Gasteiger partial charge in [0.25, 0.3) is 5.91 Å². The number of ether oxygens (including phenoxy) is 1. The number of halogens is 3. The summed E-state index contributed by atoms with van der Waals surface area (Å²) >= 11 is 0. The molecule has 2 aromatic rings. The monoisotopic (exact) mass is 380 g/mol. The minimum absolute atomic E-state index is 0.00412. The third-order valence-electron chi connectivity index (χ3n) is 3.98. The summed E-state index contributed by atoms with van der Waals surface area (Å²) in [6.45, 7) is 0.224. The van der Waals surface area contributed by atoms with Crippen molar-refractivity contribution in [2.75, 3.05) is 6.61 Å². The number of pyridine rings is 2. The van der Waals surface area contributed by atoms with Crippen LogP contribution in [0.3, 0.4) is 0 Å². The molecule has 0 radical (unpaired) electrons. The number of fused-ring (bicyclic) bond motifs is 1. The van der Waals surface area contributed by atoms with Gasteiger partial charge in [-0.15, -0.1) is 0 Å². The Labute approximate surface area is 151 Å². The summed E-state index contributed by atoms with van der Waals surface area (Å²) < 4.78 is 41.4. The number of carboxylic acids is 1. The normalized spacial score (nSPS) is 13.6. The molecular weight excluding hydrogens is 367 g/mol. The van der Waals surface area contributed by atoms with Gasteiger partial charge in [-0.05, 0) is 24.6 Å². The Bertz CT molecular complexity index is 915. The average Bonchev–Trinajstić information content (AvgIpc) is 2.89. The number of hydrogen-bond acceptors (Lipinski definition) is 6. The molecule has 0 saturated carbocycles. The van der Waals surface area contributed by atoms with Gasteiger partial charge in [-0.2, -0.15) is 13.2 Å². The van der Waals surface area contributed by atoms with Gasteiger partial charge in [-0.1, -0.05) is 0 Å². The summed E-state index contributed by atoms with van der Waals surface area (Å²) in [5.74, 6) is -1.86. The third kappa shape index (κ3) is 3.99. The second-order valence-electron chi connectivity index (χ2n) is 5.98. The van der Waals surface area contributed by atoms with Crippen molar-refractivity contribution in [1.82, 2.24) is 14.9 Å². The van der Waals surface area contributed by atoms with E-state index < -0.39 is 18.8 Å². The number of amides is 1. The van der Waals surface area contributed by atoms with Crippen molar-refractivity contribution in [3.8, 4) is 5.75 Å². The second-order valence-corrected chi connectivity index (χ2v) is 5.98. The Morgan fingerprint density at radius 2 is 2.11 bits per heavy atom. The summed E-state index contributed by atoms with van der Waals surface area (Å²) in [5.41, 5.74) is 1.07. The lowest BCUT2D eigenvalue weighted by Crippen LogP contribution is -2.26. The minimum atomic E-state index is -4.45. The first-order valence-corrected chi connectivity index (χ1v) is 7.79. The van der Waals surface area contributed by atoms with Crippen LogP contribution in [0, 0.1) is 6.92 Å². The number of carbonyl (C=O) groups is 2. The van der Waals surface area contributed by atoms with E-state index in [1.54, 1.807) is 6.92 Å². The maximum absolute atomic E-state index is 12.4. The van der Waals surface area contributed by atoms with E-state index in [0.29, 0.717) is 11.3 Å². The molecule has 0 bridgehead atoms. The number of nitrogens with zero attached hydrogens (tertiary/aromatic N) is 3. The van der Waals surface area contributed by atoms with Crippen molar-refractivity contribution in [2.45, 2.75) is 26.2 Å². The van der Waals surface area contributed by atoms with E-state index in [2.05, 4.69) is 9.97 Å². The molecule has 1 aliphatic heterocycles. The Morgan fingerprint density at radius 1 is 1.37 bits per heavy atom.